The maximum Gasteiger partial charge on any atom is 0.255 e. The van der Waals surface area contributed by atoms with Crippen molar-refractivity contribution in [2.24, 2.45) is 23.3 Å². The molecule has 0 aliphatic heterocycles. The van der Waals surface area contributed by atoms with E-state index in [1.165, 1.54) is 19.1 Å². The second-order valence-electron chi connectivity index (χ2n) is 8.27. The van der Waals surface area contributed by atoms with Crippen LogP contribution in [-0.4, -0.2) is 49.0 Å². The fourth-order valence-electron chi connectivity index (χ4n) is 5.03. The number of aliphatic hydroxyl groups excluding tert-OH is 2. The average molecular weight is 415 g/mol. The molecule has 0 spiro atoms. The van der Waals surface area contributed by atoms with Crippen molar-refractivity contribution < 1.29 is 34.8 Å². The lowest BCUT2D eigenvalue weighted by Gasteiger charge is -2.51. The first-order valence-corrected chi connectivity index (χ1v) is 9.23. The van der Waals surface area contributed by atoms with Gasteiger partial charge in [-0.05, 0) is 43.4 Å². The maximum absolute atomic E-state index is 13.2. The largest absolute Gasteiger partial charge is 0.509 e. The lowest BCUT2D eigenvalue weighted by molar-refractivity contribution is -0.148. The highest BCUT2D eigenvalue weighted by molar-refractivity contribution is 6.25. The number of carbonyl (C=O) groups excluding carboxylic acids is 3. The van der Waals surface area contributed by atoms with E-state index in [1.807, 2.05) is 0 Å². The molecule has 0 heterocycles. The van der Waals surface area contributed by atoms with Gasteiger partial charge in [-0.25, -0.2) is 0 Å². The molecule has 1 aromatic rings. The van der Waals surface area contributed by atoms with E-state index in [4.69, 9.17) is 17.2 Å². The molecule has 3 aliphatic carbocycles. The van der Waals surface area contributed by atoms with E-state index >= 15 is 0 Å². The number of phenolic OH excluding ortho intramolecular Hbond substituents is 1. The molecular weight excluding hydrogens is 394 g/mol. The summed E-state index contributed by atoms with van der Waals surface area (Å²) in [6.45, 7) is 1.30. The van der Waals surface area contributed by atoms with Crippen LogP contribution in [0.2, 0.25) is 0 Å². The number of phenols is 1. The van der Waals surface area contributed by atoms with Crippen LogP contribution in [0.5, 0.6) is 5.75 Å². The number of hydrogen-bond acceptors (Lipinski definition) is 9. The molecule has 10 N–H and O–H groups in total. The Bertz CT molecular complexity index is 1120. The van der Waals surface area contributed by atoms with Crippen molar-refractivity contribution in [2.45, 2.75) is 30.9 Å². The van der Waals surface area contributed by atoms with Gasteiger partial charge in [-0.2, -0.15) is 0 Å². The number of rotatable bonds is 1. The van der Waals surface area contributed by atoms with Gasteiger partial charge >= 0.3 is 0 Å². The summed E-state index contributed by atoms with van der Waals surface area (Å²) in [6.07, 6.45) is 0.0513. The third kappa shape index (κ3) is 2.17. The van der Waals surface area contributed by atoms with Gasteiger partial charge in [0.15, 0.2) is 11.4 Å². The van der Waals surface area contributed by atoms with Crippen LogP contribution >= 0.6 is 0 Å². The predicted molar refractivity (Wildman–Crippen MR) is 103 cm³/mol. The number of allylic oxidation sites excluding steroid dienone is 1. The molecule has 3 aliphatic rings. The Balaban J connectivity index is 1.99. The Hall–Kier alpha value is -3.37. The number of ketones is 2. The molecule has 4 rings (SSSR count). The van der Waals surface area contributed by atoms with Crippen molar-refractivity contribution >= 4 is 23.2 Å². The van der Waals surface area contributed by atoms with Crippen molar-refractivity contribution in [1.82, 2.24) is 0 Å². The highest BCUT2D eigenvalue weighted by Gasteiger charge is 2.65. The molecule has 0 saturated carbocycles. The van der Waals surface area contributed by atoms with Crippen molar-refractivity contribution in [1.29, 1.82) is 0 Å². The first-order chi connectivity index (χ1) is 13.8. The normalized spacial score (nSPS) is 33.2. The van der Waals surface area contributed by atoms with E-state index in [9.17, 15) is 34.8 Å². The molecule has 30 heavy (non-hydrogen) atoms. The molecule has 10 nitrogen and oxygen atoms in total. The number of aliphatic hydroxyl groups is 3. The number of aromatic hydroxyl groups is 1. The zero-order chi connectivity index (χ0) is 22.3. The van der Waals surface area contributed by atoms with E-state index in [0.717, 1.165) is 0 Å². The Morgan fingerprint density at radius 2 is 1.80 bits per heavy atom. The number of nitrogens with two attached hydrogens (primary N) is 3. The molecule has 0 fully saturated rings. The van der Waals surface area contributed by atoms with Gasteiger partial charge in [-0.15, -0.1) is 0 Å². The molecule has 10 heteroatoms. The summed E-state index contributed by atoms with van der Waals surface area (Å²) in [6, 6.07) is 2.68. The standard InChI is InChI=1S/C20H21N3O7/c1-19(23)10-5-6-4-7-8(21)2-3-9(24)12(7)14(25)11(6)16(27)20(10,30)17(28)13(15(19)26)18(22)29/h2-3,6,10,24,26-27,30H,4-5,21,23H2,1H3,(H2,22,29)/t6-,10-,19?,20-/m0/s1. The highest BCUT2D eigenvalue weighted by Crippen LogP contribution is 2.54. The van der Waals surface area contributed by atoms with Crippen LogP contribution in [0, 0.1) is 11.8 Å². The molecule has 0 saturated heterocycles. The lowest BCUT2D eigenvalue weighted by atomic mass is 9.55. The summed E-state index contributed by atoms with van der Waals surface area (Å²) in [5, 5.41) is 42.9. The summed E-state index contributed by atoms with van der Waals surface area (Å²) < 4.78 is 0. The maximum atomic E-state index is 13.2. The number of hydrogen-bond donors (Lipinski definition) is 7. The number of amides is 1. The number of nitrogen functional groups attached to an aromatic ring is 1. The second-order valence-corrected chi connectivity index (χ2v) is 8.27. The fourth-order valence-corrected chi connectivity index (χ4v) is 5.03. The molecule has 1 amide bonds. The summed E-state index contributed by atoms with van der Waals surface area (Å²) >= 11 is 0. The van der Waals surface area contributed by atoms with Gasteiger partial charge in [0.1, 0.15) is 22.8 Å². The molecule has 158 valence electrons. The number of Topliss-reactive ketones (excluding diaryl/α,β-unsaturated/α-hetero) is 2. The van der Waals surface area contributed by atoms with Gasteiger partial charge in [0.2, 0.25) is 5.78 Å². The van der Waals surface area contributed by atoms with E-state index < -0.39 is 57.5 Å². The SMILES string of the molecule is CC1(N)C(O)=C(C(N)=O)C(=O)[C@@]2(O)C(O)=C3C(=O)c4c(O)ccc(N)c4C[C@H]3C[C@@H]12. The van der Waals surface area contributed by atoms with Crippen molar-refractivity contribution in [3.63, 3.8) is 0 Å². The van der Waals surface area contributed by atoms with Gasteiger partial charge < -0.3 is 37.6 Å². The van der Waals surface area contributed by atoms with Crippen LogP contribution in [0.15, 0.2) is 34.8 Å². The van der Waals surface area contributed by atoms with Gasteiger partial charge in [0.25, 0.3) is 5.91 Å². The summed E-state index contributed by atoms with van der Waals surface area (Å²) in [5.74, 6) is -7.52. The van der Waals surface area contributed by atoms with Gasteiger partial charge in [-0.3, -0.25) is 14.4 Å². The first-order valence-electron chi connectivity index (χ1n) is 9.23. The Kier molecular flexibility index (Phi) is 3.87. The van der Waals surface area contributed by atoms with E-state index in [0.29, 0.717) is 5.56 Å². The van der Waals surface area contributed by atoms with E-state index in [1.54, 1.807) is 0 Å². The van der Waals surface area contributed by atoms with Crippen molar-refractivity contribution in [3.8, 4) is 5.75 Å². The van der Waals surface area contributed by atoms with Gasteiger partial charge in [0, 0.05) is 17.2 Å². The molecule has 1 aromatic carbocycles. The lowest BCUT2D eigenvalue weighted by Crippen LogP contribution is -2.68. The number of benzene rings is 1. The smallest absolute Gasteiger partial charge is 0.255 e. The minimum absolute atomic E-state index is 0.0784. The molecule has 0 aromatic heterocycles. The monoisotopic (exact) mass is 415 g/mol. The van der Waals surface area contributed by atoms with E-state index in [2.05, 4.69) is 0 Å². The summed E-state index contributed by atoms with van der Waals surface area (Å²) in [5.41, 5.74) is 12.2. The van der Waals surface area contributed by atoms with Crippen LogP contribution in [-0.2, 0) is 16.0 Å². The molecule has 0 bridgehead atoms. The Morgan fingerprint density at radius 1 is 1.17 bits per heavy atom. The number of carbonyl (C=O) groups is 3. The third-order valence-corrected chi connectivity index (χ3v) is 6.59. The first kappa shape index (κ1) is 19.9. The van der Waals surface area contributed by atoms with Gasteiger partial charge in [-0.1, -0.05) is 0 Å². The topological polar surface area (TPSA) is 210 Å². The number of primary amides is 1. The Labute approximate surface area is 170 Å². The summed E-state index contributed by atoms with van der Waals surface area (Å²) in [4.78, 5) is 37.9. The zero-order valence-corrected chi connectivity index (χ0v) is 16.0. The molecule has 1 unspecified atom stereocenters. The second kappa shape index (κ2) is 5.83. The van der Waals surface area contributed by atoms with Crippen LogP contribution in [0.1, 0.15) is 29.3 Å². The molecule has 0 radical (unpaired) electrons. The Morgan fingerprint density at radius 3 is 2.40 bits per heavy atom. The van der Waals surface area contributed by atoms with Crippen LogP contribution < -0.4 is 17.2 Å². The molecular formula is C20H21N3O7. The molecule has 4 atom stereocenters. The quantitative estimate of drug-likeness (QED) is 0.178. The van der Waals surface area contributed by atoms with E-state index in [-0.39, 0.29) is 35.4 Å². The highest BCUT2D eigenvalue weighted by atomic mass is 16.3. The zero-order valence-electron chi connectivity index (χ0n) is 16.0. The average Bonchev–Trinajstić information content (AvgIpc) is 2.65. The van der Waals surface area contributed by atoms with Gasteiger partial charge in [0.05, 0.1) is 11.1 Å². The minimum Gasteiger partial charge on any atom is -0.509 e. The minimum atomic E-state index is -2.74. The predicted octanol–water partition coefficient (Wildman–Crippen LogP) is -0.510. The fraction of sp³-hybridized carbons (Fsp3) is 0.350. The van der Waals surface area contributed by atoms with Crippen LogP contribution in [0.4, 0.5) is 5.69 Å². The number of anilines is 1. The van der Waals surface area contributed by atoms with Crippen LogP contribution in [0.3, 0.4) is 0 Å². The summed E-state index contributed by atoms with van der Waals surface area (Å²) in [7, 11) is 0. The van der Waals surface area contributed by atoms with Crippen LogP contribution in [0.25, 0.3) is 0 Å². The third-order valence-electron chi connectivity index (χ3n) is 6.59. The number of fused-ring (bicyclic) bond motifs is 3. The van der Waals surface area contributed by atoms with Crippen molar-refractivity contribution in [3.05, 3.63) is 45.9 Å². The van der Waals surface area contributed by atoms with Crippen molar-refractivity contribution in [2.75, 3.05) is 5.73 Å².